The van der Waals surface area contributed by atoms with Crippen LogP contribution in [0.25, 0.3) is 38.8 Å². The second-order valence-corrected chi connectivity index (χ2v) is 18.9. The van der Waals surface area contributed by atoms with E-state index in [-0.39, 0.29) is 22.0 Å². The van der Waals surface area contributed by atoms with Crippen molar-refractivity contribution in [2.24, 2.45) is 4.99 Å². The maximum atomic E-state index is 7.09. The van der Waals surface area contributed by atoms with Gasteiger partial charge in [0.25, 0.3) is 0 Å². The number of ether oxygens (including phenoxy) is 2. The van der Waals surface area contributed by atoms with Gasteiger partial charge in [-0.1, -0.05) is 64.8 Å². The number of nitrogens with zero attached hydrogens (tertiary/aromatic N) is 3. The van der Waals surface area contributed by atoms with Gasteiger partial charge in [0.15, 0.2) is 0 Å². The van der Waals surface area contributed by atoms with Crippen molar-refractivity contribution in [1.82, 2.24) is 9.55 Å². The van der Waals surface area contributed by atoms with E-state index in [9.17, 15) is 0 Å². The van der Waals surface area contributed by atoms with Crippen LogP contribution in [0, 0.1) is 34.6 Å². The van der Waals surface area contributed by atoms with Crippen molar-refractivity contribution in [3.8, 4) is 28.3 Å². The SMILES string of the molecule is Cc1cc(C)c(-c2cc(Oc3cc4c(cc3C)C(C)(C)c3cc(C(C)(C)C)cc5c6c(C)ccnc6n-4c35)cc(C3=N[C@]4(C)CCCC[C@]4(C)O3)c2)c(C)c1. The lowest BCUT2D eigenvalue weighted by molar-refractivity contribution is 0.000928. The first kappa shape index (κ1) is 35.8. The van der Waals surface area contributed by atoms with Crippen LogP contribution in [0.1, 0.15) is 124 Å². The van der Waals surface area contributed by atoms with Crippen LogP contribution < -0.4 is 4.74 Å². The Morgan fingerprint density at radius 3 is 2.16 bits per heavy atom. The first-order valence-corrected chi connectivity index (χ1v) is 20.2. The van der Waals surface area contributed by atoms with Crippen LogP contribution in [0.4, 0.5) is 0 Å². The largest absolute Gasteiger partial charge is 0.469 e. The van der Waals surface area contributed by atoms with E-state index in [0.29, 0.717) is 0 Å². The maximum Gasteiger partial charge on any atom is 0.217 e. The van der Waals surface area contributed by atoms with Crippen LogP contribution >= 0.6 is 0 Å². The molecule has 2 aromatic heterocycles. The summed E-state index contributed by atoms with van der Waals surface area (Å²) in [7, 11) is 0. The van der Waals surface area contributed by atoms with Crippen LogP contribution in [0.15, 0.2) is 71.9 Å². The Hall–Kier alpha value is -4.90. The van der Waals surface area contributed by atoms with E-state index >= 15 is 0 Å². The van der Waals surface area contributed by atoms with Crippen molar-refractivity contribution in [2.75, 3.05) is 0 Å². The average Bonchev–Trinajstić information content (AvgIpc) is 3.59. The molecule has 1 fully saturated rings. The fraction of sp³-hybridized carbons (Fsp3) is 0.400. The zero-order valence-electron chi connectivity index (χ0n) is 34.8. The minimum absolute atomic E-state index is 0.00475. The van der Waals surface area contributed by atoms with Gasteiger partial charge in [-0.25, -0.2) is 9.98 Å². The molecule has 0 spiro atoms. The highest BCUT2D eigenvalue weighted by molar-refractivity contribution is 6.12. The lowest BCUT2D eigenvalue weighted by Crippen LogP contribution is -2.49. The van der Waals surface area contributed by atoms with E-state index in [1.807, 2.05) is 6.20 Å². The minimum Gasteiger partial charge on any atom is -0.469 e. The summed E-state index contributed by atoms with van der Waals surface area (Å²) in [6.45, 7) is 27.2. The van der Waals surface area contributed by atoms with E-state index in [0.717, 1.165) is 58.3 Å². The topological polar surface area (TPSA) is 48.6 Å². The van der Waals surface area contributed by atoms with E-state index in [2.05, 4.69) is 148 Å². The average molecular weight is 730 g/mol. The number of fused-ring (bicyclic) bond motifs is 6. The van der Waals surface area contributed by atoms with Gasteiger partial charge in [0, 0.05) is 34.0 Å². The Balaban J connectivity index is 1.24. The summed E-state index contributed by atoms with van der Waals surface area (Å²) in [5.41, 5.74) is 15.9. The molecule has 6 aromatic rings. The molecule has 3 aliphatic rings. The number of hydrogen-bond donors (Lipinski definition) is 0. The molecule has 5 heteroatoms. The smallest absolute Gasteiger partial charge is 0.217 e. The second kappa shape index (κ2) is 11.8. The summed E-state index contributed by atoms with van der Waals surface area (Å²) in [5.74, 6) is 2.32. The summed E-state index contributed by atoms with van der Waals surface area (Å²) >= 11 is 0. The molecule has 0 unspecified atom stereocenters. The summed E-state index contributed by atoms with van der Waals surface area (Å²) < 4.78 is 16.4. The van der Waals surface area contributed by atoms with Gasteiger partial charge in [-0.15, -0.1) is 0 Å². The van der Waals surface area contributed by atoms with Crippen molar-refractivity contribution in [2.45, 2.75) is 131 Å². The predicted octanol–water partition coefficient (Wildman–Crippen LogP) is 13.0. The summed E-state index contributed by atoms with van der Waals surface area (Å²) in [6.07, 6.45) is 6.34. The Morgan fingerprint density at radius 2 is 1.45 bits per heavy atom. The monoisotopic (exact) mass is 729 g/mol. The van der Waals surface area contributed by atoms with Gasteiger partial charge in [-0.3, -0.25) is 4.57 Å². The third kappa shape index (κ3) is 5.32. The molecule has 282 valence electrons. The molecule has 0 amide bonds. The molecular formula is C50H55N3O2. The highest BCUT2D eigenvalue weighted by Crippen LogP contribution is 2.51. The van der Waals surface area contributed by atoms with Crippen LogP contribution in [-0.2, 0) is 15.6 Å². The molecule has 1 aliphatic carbocycles. The second-order valence-electron chi connectivity index (χ2n) is 18.9. The summed E-state index contributed by atoms with van der Waals surface area (Å²) in [4.78, 5) is 10.4. The normalized spacial score (nSPS) is 21.3. The quantitative estimate of drug-likeness (QED) is 0.181. The van der Waals surface area contributed by atoms with Crippen LogP contribution in [0.5, 0.6) is 11.5 Å². The Kier molecular flexibility index (Phi) is 7.68. The molecule has 0 bridgehead atoms. The third-order valence-corrected chi connectivity index (χ3v) is 13.4. The third-order valence-electron chi connectivity index (χ3n) is 13.4. The van der Waals surface area contributed by atoms with Gasteiger partial charge in [-0.2, -0.15) is 0 Å². The van der Waals surface area contributed by atoms with Crippen LogP contribution in [0.3, 0.4) is 0 Å². The molecular weight excluding hydrogens is 675 g/mol. The molecule has 1 saturated carbocycles. The van der Waals surface area contributed by atoms with E-state index < -0.39 is 0 Å². The van der Waals surface area contributed by atoms with Gasteiger partial charge in [-0.05, 0) is 160 Å². The van der Waals surface area contributed by atoms with Crippen LogP contribution in [0.2, 0.25) is 0 Å². The van der Waals surface area contributed by atoms with Crippen LogP contribution in [-0.4, -0.2) is 26.6 Å². The van der Waals surface area contributed by atoms with Crippen molar-refractivity contribution < 1.29 is 9.47 Å². The molecule has 0 saturated heterocycles. The lowest BCUT2D eigenvalue weighted by atomic mass is 9.72. The Morgan fingerprint density at radius 1 is 0.745 bits per heavy atom. The fourth-order valence-electron chi connectivity index (χ4n) is 10.1. The molecule has 4 aromatic carbocycles. The number of aromatic nitrogens is 2. The van der Waals surface area contributed by atoms with Gasteiger partial charge in [0.05, 0.1) is 11.2 Å². The Labute approximate surface area is 326 Å². The molecule has 2 aliphatic heterocycles. The first-order valence-electron chi connectivity index (χ1n) is 20.2. The molecule has 9 rings (SSSR count). The fourth-order valence-corrected chi connectivity index (χ4v) is 10.1. The minimum atomic E-state index is -0.309. The van der Waals surface area contributed by atoms with Crippen molar-refractivity contribution in [1.29, 1.82) is 0 Å². The molecule has 0 N–H and O–H groups in total. The molecule has 4 heterocycles. The molecule has 2 atom stereocenters. The van der Waals surface area contributed by atoms with Crippen molar-refractivity contribution in [3.63, 3.8) is 0 Å². The van der Waals surface area contributed by atoms with E-state index in [4.69, 9.17) is 19.5 Å². The molecule has 55 heavy (non-hydrogen) atoms. The standard InChI is InChI=1S/C50H55N3O2/c1-28-19-31(4)42(32(5)20-28)33-22-34(46-52-49(11)16-13-14-17-50(49,12)55-46)24-36(23-33)54-41-27-40-38(21-30(41)3)48(9,10)39-26-35(47(6,7)8)25-37-43-29(2)15-18-51-45(43)53(40)44(37)39/h15,18-27H,13-14,16-17H2,1-12H3/t49-,50+/m1/s1. The lowest BCUT2D eigenvalue weighted by Gasteiger charge is -2.41. The predicted molar refractivity (Wildman–Crippen MR) is 228 cm³/mol. The van der Waals surface area contributed by atoms with Gasteiger partial charge in [0.1, 0.15) is 28.3 Å². The number of hydrogen-bond acceptors (Lipinski definition) is 4. The summed E-state index contributed by atoms with van der Waals surface area (Å²) in [5, 5.41) is 2.49. The van der Waals surface area contributed by atoms with Gasteiger partial charge in [0.2, 0.25) is 5.90 Å². The summed E-state index contributed by atoms with van der Waals surface area (Å²) in [6, 6.07) is 22.7. The first-order chi connectivity index (χ1) is 25.9. The number of pyridine rings is 1. The number of aryl methyl sites for hydroxylation is 5. The highest BCUT2D eigenvalue weighted by atomic mass is 16.5. The maximum absolute atomic E-state index is 7.09. The number of rotatable bonds is 4. The van der Waals surface area contributed by atoms with Gasteiger partial charge < -0.3 is 9.47 Å². The Bertz CT molecular complexity index is 2630. The molecule has 0 radical (unpaired) electrons. The van der Waals surface area contributed by atoms with E-state index in [1.165, 1.54) is 73.6 Å². The van der Waals surface area contributed by atoms with Gasteiger partial charge >= 0.3 is 0 Å². The highest BCUT2D eigenvalue weighted by Gasteiger charge is 2.53. The van der Waals surface area contributed by atoms with E-state index in [1.54, 1.807) is 0 Å². The number of aliphatic imine (C=N–C) groups is 1. The zero-order valence-corrected chi connectivity index (χ0v) is 34.8. The zero-order chi connectivity index (χ0) is 39.0. The number of benzene rings is 4. The van der Waals surface area contributed by atoms with Crippen molar-refractivity contribution in [3.05, 3.63) is 117 Å². The van der Waals surface area contributed by atoms with Crippen molar-refractivity contribution >= 4 is 27.8 Å². The molecule has 5 nitrogen and oxygen atoms in total.